The van der Waals surface area contributed by atoms with Crippen LogP contribution in [0.15, 0.2) is 72.8 Å². The van der Waals surface area contributed by atoms with E-state index in [1.165, 1.54) is 36.3 Å². The third kappa shape index (κ3) is 4.99. The number of anilines is 1. The summed E-state index contributed by atoms with van der Waals surface area (Å²) >= 11 is 0. The highest BCUT2D eigenvalue weighted by Crippen LogP contribution is 2.28. The summed E-state index contributed by atoms with van der Waals surface area (Å²) in [6, 6.07) is 19.9. The van der Waals surface area contributed by atoms with Gasteiger partial charge in [-0.3, -0.25) is 14.4 Å². The molecule has 1 atom stereocenters. The Morgan fingerprint density at radius 1 is 0.857 bits per heavy atom. The number of nitrogens with zero attached hydrogens (tertiary/aromatic N) is 2. The summed E-state index contributed by atoms with van der Waals surface area (Å²) in [5.41, 5.74) is 4.05. The number of carbonyl (C=O) groups is 4. The second-order valence-electron chi connectivity index (χ2n) is 8.61. The average Bonchev–Trinajstić information content (AvgIpc) is 3.16. The summed E-state index contributed by atoms with van der Waals surface area (Å²) in [7, 11) is 1.28. The molecule has 1 heterocycles. The number of methoxy groups -OCH3 is 1. The zero-order valence-corrected chi connectivity index (χ0v) is 19.9. The molecule has 3 aromatic rings. The number of ether oxygens (including phenoxy) is 1. The van der Waals surface area contributed by atoms with Gasteiger partial charge in [-0.05, 0) is 55.8 Å². The van der Waals surface area contributed by atoms with E-state index in [4.69, 9.17) is 4.74 Å². The lowest BCUT2D eigenvalue weighted by atomic mass is 10.1. The molecule has 178 valence electrons. The van der Waals surface area contributed by atoms with Crippen LogP contribution in [0.2, 0.25) is 0 Å². The van der Waals surface area contributed by atoms with E-state index >= 15 is 0 Å². The Balaban J connectivity index is 1.65. The number of hydrogen-bond acceptors (Lipinski definition) is 5. The van der Waals surface area contributed by atoms with E-state index in [1.807, 2.05) is 50.2 Å². The van der Waals surface area contributed by atoms with Crippen molar-refractivity contribution in [3.8, 4) is 0 Å². The monoisotopic (exact) mass is 470 g/mol. The summed E-state index contributed by atoms with van der Waals surface area (Å²) in [6.07, 6.45) is -0.124. The summed E-state index contributed by atoms with van der Waals surface area (Å²) in [4.78, 5) is 54.3. The first-order valence-electron chi connectivity index (χ1n) is 11.3. The minimum atomic E-state index is -0.946. The van der Waals surface area contributed by atoms with Gasteiger partial charge in [-0.25, -0.2) is 9.69 Å². The van der Waals surface area contributed by atoms with Gasteiger partial charge in [0.1, 0.15) is 6.04 Å². The number of aryl methyl sites for hydroxylation is 2. The third-order valence-corrected chi connectivity index (χ3v) is 6.08. The van der Waals surface area contributed by atoms with Crippen molar-refractivity contribution in [2.75, 3.05) is 12.0 Å². The molecule has 7 heteroatoms. The maximum absolute atomic E-state index is 13.6. The Morgan fingerprint density at radius 2 is 1.40 bits per heavy atom. The second kappa shape index (κ2) is 9.93. The first-order chi connectivity index (χ1) is 16.8. The number of hydrogen-bond donors (Lipinski definition) is 0. The lowest BCUT2D eigenvalue weighted by molar-refractivity contribution is -0.122. The maximum atomic E-state index is 13.6. The molecule has 0 N–H and O–H groups in total. The molecule has 35 heavy (non-hydrogen) atoms. The SMILES string of the molecule is COC(=O)c1ccc(N2C(=O)CC(N(Cc3ccc(C)cc3)C(=O)c3ccc(C)cc3)C2=O)cc1. The molecule has 1 saturated heterocycles. The predicted octanol–water partition coefficient (Wildman–Crippen LogP) is 4.06. The lowest BCUT2D eigenvalue weighted by Crippen LogP contribution is -2.45. The van der Waals surface area contributed by atoms with E-state index in [9.17, 15) is 19.2 Å². The van der Waals surface area contributed by atoms with Crippen molar-refractivity contribution in [1.29, 1.82) is 0 Å². The molecule has 1 unspecified atom stereocenters. The van der Waals surface area contributed by atoms with Crippen molar-refractivity contribution >= 4 is 29.4 Å². The molecule has 4 rings (SSSR count). The van der Waals surface area contributed by atoms with Gasteiger partial charge in [-0.15, -0.1) is 0 Å². The Bertz CT molecular complexity index is 1260. The van der Waals surface area contributed by atoms with E-state index in [0.29, 0.717) is 16.8 Å². The van der Waals surface area contributed by atoms with Crippen LogP contribution in [-0.2, 0) is 20.9 Å². The van der Waals surface area contributed by atoms with Crippen LogP contribution >= 0.6 is 0 Å². The summed E-state index contributed by atoms with van der Waals surface area (Å²) < 4.78 is 4.70. The van der Waals surface area contributed by atoms with Gasteiger partial charge < -0.3 is 9.64 Å². The molecule has 0 bridgehead atoms. The predicted molar refractivity (Wildman–Crippen MR) is 131 cm³/mol. The van der Waals surface area contributed by atoms with Crippen LogP contribution in [0.5, 0.6) is 0 Å². The fourth-order valence-electron chi connectivity index (χ4n) is 4.07. The van der Waals surface area contributed by atoms with Crippen LogP contribution in [0, 0.1) is 13.8 Å². The topological polar surface area (TPSA) is 84.0 Å². The van der Waals surface area contributed by atoms with E-state index < -0.39 is 23.8 Å². The minimum Gasteiger partial charge on any atom is -0.465 e. The first-order valence-corrected chi connectivity index (χ1v) is 11.3. The molecular formula is C28H26N2O5. The highest BCUT2D eigenvalue weighted by Gasteiger charge is 2.44. The summed E-state index contributed by atoms with van der Waals surface area (Å²) in [5.74, 6) is -1.72. The van der Waals surface area contributed by atoms with Crippen molar-refractivity contribution < 1.29 is 23.9 Å². The van der Waals surface area contributed by atoms with Crippen molar-refractivity contribution in [2.45, 2.75) is 32.9 Å². The zero-order valence-electron chi connectivity index (χ0n) is 19.9. The first kappa shape index (κ1) is 23.9. The number of imide groups is 1. The fraction of sp³-hybridized carbons (Fsp3) is 0.214. The Labute approximate surface area is 203 Å². The zero-order chi connectivity index (χ0) is 25.1. The Hall–Kier alpha value is -4.26. The van der Waals surface area contributed by atoms with E-state index in [2.05, 4.69) is 0 Å². The van der Waals surface area contributed by atoms with Crippen LogP contribution in [0.3, 0.4) is 0 Å². The number of benzene rings is 3. The van der Waals surface area contributed by atoms with Gasteiger partial charge in [0, 0.05) is 12.1 Å². The largest absolute Gasteiger partial charge is 0.465 e. The van der Waals surface area contributed by atoms with Gasteiger partial charge in [0.05, 0.1) is 24.8 Å². The van der Waals surface area contributed by atoms with Crippen molar-refractivity contribution in [1.82, 2.24) is 4.90 Å². The van der Waals surface area contributed by atoms with E-state index in [0.717, 1.165) is 21.6 Å². The van der Waals surface area contributed by atoms with Gasteiger partial charge in [-0.2, -0.15) is 0 Å². The molecule has 0 saturated carbocycles. The van der Waals surface area contributed by atoms with Gasteiger partial charge in [-0.1, -0.05) is 47.5 Å². The molecule has 0 aromatic heterocycles. The lowest BCUT2D eigenvalue weighted by Gasteiger charge is -2.28. The summed E-state index contributed by atoms with van der Waals surface area (Å²) in [6.45, 7) is 4.09. The normalized spacial score (nSPS) is 15.3. The third-order valence-electron chi connectivity index (χ3n) is 6.08. The van der Waals surface area contributed by atoms with Gasteiger partial charge in [0.2, 0.25) is 5.91 Å². The Kier molecular flexibility index (Phi) is 6.78. The highest BCUT2D eigenvalue weighted by atomic mass is 16.5. The Morgan fingerprint density at radius 3 is 1.97 bits per heavy atom. The number of amides is 3. The molecule has 0 aliphatic carbocycles. The molecular weight excluding hydrogens is 444 g/mol. The van der Waals surface area contributed by atoms with Crippen LogP contribution < -0.4 is 4.90 Å². The minimum absolute atomic E-state index is 0.124. The van der Waals surface area contributed by atoms with Crippen molar-refractivity contribution in [3.05, 3.63) is 101 Å². The molecule has 1 aliphatic heterocycles. The van der Waals surface area contributed by atoms with Crippen LogP contribution in [0.25, 0.3) is 0 Å². The number of esters is 1. The molecule has 0 radical (unpaired) electrons. The van der Waals surface area contributed by atoms with Gasteiger partial charge >= 0.3 is 5.97 Å². The average molecular weight is 471 g/mol. The molecule has 1 fully saturated rings. The smallest absolute Gasteiger partial charge is 0.337 e. The van der Waals surface area contributed by atoms with Gasteiger partial charge in [0.15, 0.2) is 0 Å². The maximum Gasteiger partial charge on any atom is 0.337 e. The van der Waals surface area contributed by atoms with Crippen molar-refractivity contribution in [3.63, 3.8) is 0 Å². The standard InChI is InChI=1S/C28H26N2O5/c1-18-4-8-20(9-5-18)17-29(26(32)21-10-6-19(2)7-11-21)24-16-25(31)30(27(24)33)23-14-12-22(13-15-23)28(34)35-3/h4-15,24H,16-17H2,1-3H3. The molecule has 7 nitrogen and oxygen atoms in total. The van der Waals surface area contributed by atoms with Gasteiger partial charge in [0.25, 0.3) is 11.8 Å². The molecule has 1 aliphatic rings. The van der Waals surface area contributed by atoms with Crippen LogP contribution in [0.4, 0.5) is 5.69 Å². The molecule has 3 amide bonds. The van der Waals surface area contributed by atoms with Crippen molar-refractivity contribution in [2.24, 2.45) is 0 Å². The molecule has 3 aromatic carbocycles. The summed E-state index contributed by atoms with van der Waals surface area (Å²) in [5, 5.41) is 0. The quantitative estimate of drug-likeness (QED) is 0.401. The molecule has 0 spiro atoms. The highest BCUT2D eigenvalue weighted by molar-refractivity contribution is 6.23. The number of carbonyl (C=O) groups excluding carboxylic acids is 4. The number of rotatable bonds is 6. The fourth-order valence-corrected chi connectivity index (χ4v) is 4.07. The van der Waals surface area contributed by atoms with E-state index in [-0.39, 0.29) is 18.9 Å². The van der Waals surface area contributed by atoms with E-state index in [1.54, 1.807) is 12.1 Å². The van der Waals surface area contributed by atoms with Crippen LogP contribution in [-0.4, -0.2) is 41.7 Å². The second-order valence-corrected chi connectivity index (χ2v) is 8.61. The van der Waals surface area contributed by atoms with Crippen LogP contribution in [0.1, 0.15) is 43.8 Å².